The number of hydrogen-bond acceptors (Lipinski definition) is 4. The van der Waals surface area contributed by atoms with E-state index in [9.17, 15) is 8.42 Å². The molecule has 1 unspecified atom stereocenters. The first kappa shape index (κ1) is 12.4. The molecule has 0 amide bonds. The molecule has 1 N–H and O–H groups in total. The van der Waals surface area contributed by atoms with Crippen LogP contribution in [0.4, 0.5) is 5.69 Å². The molecule has 0 aliphatic heterocycles. The van der Waals surface area contributed by atoms with E-state index in [0.29, 0.717) is 0 Å². The fraction of sp³-hybridized carbons (Fsp3) is 0.444. The monoisotopic (exact) mass is 292 g/mol. The van der Waals surface area contributed by atoms with Gasteiger partial charge in [0, 0.05) is 23.0 Å². The molecule has 1 aromatic rings. The largest absolute Gasteiger partial charge is 0.380 e. The number of hydrogen-bond donors (Lipinski definition) is 1. The predicted octanol–water partition coefficient (Wildman–Crippen LogP) is 1.69. The summed E-state index contributed by atoms with van der Waals surface area (Å²) in [5, 5.41) is 3.07. The second kappa shape index (κ2) is 4.94. The van der Waals surface area contributed by atoms with E-state index < -0.39 is 9.84 Å². The summed E-state index contributed by atoms with van der Waals surface area (Å²) in [7, 11) is -2.95. The minimum absolute atomic E-state index is 0.111. The van der Waals surface area contributed by atoms with Crippen LogP contribution in [0.15, 0.2) is 22.9 Å². The van der Waals surface area contributed by atoms with E-state index in [1.165, 1.54) is 6.26 Å². The smallest absolute Gasteiger partial charge is 0.149 e. The number of halogens is 1. The standard InChI is InChI=1S/C9H13BrN2O2S/c1-7(6-15(2,13)14)12-9-3-8(10)4-11-5-9/h3-5,7,12H,6H2,1-2H3. The van der Waals surface area contributed by atoms with Crippen LogP contribution >= 0.6 is 15.9 Å². The maximum Gasteiger partial charge on any atom is 0.149 e. The number of anilines is 1. The molecule has 6 heteroatoms. The van der Waals surface area contributed by atoms with Crippen LogP contribution in [0.3, 0.4) is 0 Å². The highest BCUT2D eigenvalue weighted by Gasteiger charge is 2.10. The Hall–Kier alpha value is -0.620. The lowest BCUT2D eigenvalue weighted by atomic mass is 10.3. The highest BCUT2D eigenvalue weighted by atomic mass is 79.9. The van der Waals surface area contributed by atoms with Crippen molar-refractivity contribution in [1.82, 2.24) is 4.98 Å². The molecule has 0 fully saturated rings. The lowest BCUT2D eigenvalue weighted by Crippen LogP contribution is -2.24. The number of rotatable bonds is 4. The molecule has 84 valence electrons. The lowest BCUT2D eigenvalue weighted by Gasteiger charge is -2.13. The molecule has 0 aliphatic rings. The Labute approximate surface area is 98.2 Å². The van der Waals surface area contributed by atoms with Gasteiger partial charge in [0.2, 0.25) is 0 Å². The van der Waals surface area contributed by atoms with Crippen molar-refractivity contribution < 1.29 is 8.42 Å². The molecule has 1 heterocycles. The van der Waals surface area contributed by atoms with Crippen LogP contribution in [0.5, 0.6) is 0 Å². The minimum atomic E-state index is -2.95. The highest BCUT2D eigenvalue weighted by molar-refractivity contribution is 9.10. The Balaban J connectivity index is 2.63. The van der Waals surface area contributed by atoms with Gasteiger partial charge < -0.3 is 5.32 Å². The van der Waals surface area contributed by atoms with Gasteiger partial charge in [-0.2, -0.15) is 0 Å². The van der Waals surface area contributed by atoms with E-state index in [1.54, 1.807) is 12.4 Å². The molecule has 1 atom stereocenters. The summed E-state index contributed by atoms with van der Waals surface area (Å²) >= 11 is 3.29. The van der Waals surface area contributed by atoms with Crippen LogP contribution in [0.1, 0.15) is 6.92 Å². The second-order valence-electron chi connectivity index (χ2n) is 3.53. The first-order valence-corrected chi connectivity index (χ1v) is 7.27. The number of nitrogens with one attached hydrogen (secondary N) is 1. The van der Waals surface area contributed by atoms with Gasteiger partial charge >= 0.3 is 0 Å². The molecule has 0 saturated carbocycles. The van der Waals surface area contributed by atoms with E-state index >= 15 is 0 Å². The van der Waals surface area contributed by atoms with Crippen molar-refractivity contribution in [2.45, 2.75) is 13.0 Å². The van der Waals surface area contributed by atoms with Crippen molar-refractivity contribution in [2.75, 3.05) is 17.3 Å². The molecule has 1 aromatic heterocycles. The van der Waals surface area contributed by atoms with Crippen molar-refractivity contribution in [1.29, 1.82) is 0 Å². The van der Waals surface area contributed by atoms with Crippen LogP contribution in [0.2, 0.25) is 0 Å². The zero-order chi connectivity index (χ0) is 11.5. The van der Waals surface area contributed by atoms with Crippen LogP contribution in [-0.2, 0) is 9.84 Å². The van der Waals surface area contributed by atoms with Crippen molar-refractivity contribution >= 4 is 31.5 Å². The van der Waals surface area contributed by atoms with E-state index in [1.807, 2.05) is 13.0 Å². The fourth-order valence-electron chi connectivity index (χ4n) is 1.27. The number of sulfone groups is 1. The van der Waals surface area contributed by atoms with Gasteiger partial charge in [-0.05, 0) is 28.9 Å². The van der Waals surface area contributed by atoms with Crippen molar-refractivity contribution in [3.63, 3.8) is 0 Å². The summed E-state index contributed by atoms with van der Waals surface area (Å²) in [5.41, 5.74) is 0.806. The molecule has 1 rings (SSSR count). The molecule has 0 aliphatic carbocycles. The van der Waals surface area contributed by atoms with E-state index in [2.05, 4.69) is 26.2 Å². The van der Waals surface area contributed by atoms with Gasteiger partial charge in [-0.15, -0.1) is 0 Å². The molecule has 0 aromatic carbocycles. The average Bonchev–Trinajstić information content (AvgIpc) is 1.99. The number of aromatic nitrogens is 1. The minimum Gasteiger partial charge on any atom is -0.380 e. The first-order valence-electron chi connectivity index (χ1n) is 4.41. The maximum absolute atomic E-state index is 11.0. The zero-order valence-corrected chi connectivity index (χ0v) is 11.0. The fourth-order valence-corrected chi connectivity index (χ4v) is 2.63. The van der Waals surface area contributed by atoms with Crippen molar-refractivity contribution in [3.8, 4) is 0 Å². The predicted molar refractivity (Wildman–Crippen MR) is 64.7 cm³/mol. The average molecular weight is 293 g/mol. The quantitative estimate of drug-likeness (QED) is 0.917. The van der Waals surface area contributed by atoms with Gasteiger partial charge in [-0.25, -0.2) is 8.42 Å². The molecule has 0 spiro atoms. The summed E-state index contributed by atoms with van der Waals surface area (Å²) in [4.78, 5) is 3.97. The summed E-state index contributed by atoms with van der Waals surface area (Å²) in [6.07, 6.45) is 4.56. The molecule has 15 heavy (non-hydrogen) atoms. The van der Waals surface area contributed by atoms with Gasteiger partial charge in [0.15, 0.2) is 0 Å². The second-order valence-corrected chi connectivity index (χ2v) is 6.63. The molecule has 0 saturated heterocycles. The van der Waals surface area contributed by atoms with E-state index in [0.717, 1.165) is 10.2 Å². The summed E-state index contributed by atoms with van der Waals surface area (Å²) in [6, 6.07) is 1.72. The first-order chi connectivity index (χ1) is 6.87. The third-order valence-corrected chi connectivity index (χ3v) is 3.21. The van der Waals surface area contributed by atoms with Crippen molar-refractivity contribution in [2.24, 2.45) is 0 Å². The van der Waals surface area contributed by atoms with Gasteiger partial charge in [-0.1, -0.05) is 0 Å². The Morgan fingerprint density at radius 3 is 2.73 bits per heavy atom. The molecular weight excluding hydrogens is 280 g/mol. The lowest BCUT2D eigenvalue weighted by molar-refractivity contribution is 0.598. The molecular formula is C9H13BrN2O2S. The Kier molecular flexibility index (Phi) is 4.10. The van der Waals surface area contributed by atoms with Crippen LogP contribution in [-0.4, -0.2) is 31.5 Å². The Bertz CT molecular complexity index is 433. The molecule has 0 radical (unpaired) electrons. The number of nitrogens with zero attached hydrogens (tertiary/aromatic N) is 1. The van der Waals surface area contributed by atoms with Crippen LogP contribution in [0.25, 0.3) is 0 Å². The third kappa shape index (κ3) is 5.13. The normalized spacial score (nSPS) is 13.5. The van der Waals surface area contributed by atoms with E-state index in [4.69, 9.17) is 0 Å². The number of pyridine rings is 1. The summed E-state index contributed by atoms with van der Waals surface area (Å²) in [6.45, 7) is 1.82. The van der Waals surface area contributed by atoms with Gasteiger partial charge in [-0.3, -0.25) is 4.98 Å². The Morgan fingerprint density at radius 2 is 2.20 bits per heavy atom. The van der Waals surface area contributed by atoms with Crippen LogP contribution in [0, 0.1) is 0 Å². The third-order valence-electron chi connectivity index (χ3n) is 1.67. The zero-order valence-electron chi connectivity index (χ0n) is 8.57. The highest BCUT2D eigenvalue weighted by Crippen LogP contribution is 2.14. The van der Waals surface area contributed by atoms with Crippen LogP contribution < -0.4 is 5.32 Å². The Morgan fingerprint density at radius 1 is 1.53 bits per heavy atom. The van der Waals surface area contributed by atoms with Crippen molar-refractivity contribution in [3.05, 3.63) is 22.9 Å². The van der Waals surface area contributed by atoms with Gasteiger partial charge in [0.1, 0.15) is 9.84 Å². The van der Waals surface area contributed by atoms with Gasteiger partial charge in [0.05, 0.1) is 17.6 Å². The van der Waals surface area contributed by atoms with Gasteiger partial charge in [0.25, 0.3) is 0 Å². The topological polar surface area (TPSA) is 59.1 Å². The SMILES string of the molecule is CC(CS(C)(=O)=O)Nc1cncc(Br)c1. The molecule has 0 bridgehead atoms. The summed E-state index contributed by atoms with van der Waals surface area (Å²) in [5.74, 6) is 0.111. The summed E-state index contributed by atoms with van der Waals surface area (Å²) < 4.78 is 22.9. The van der Waals surface area contributed by atoms with E-state index in [-0.39, 0.29) is 11.8 Å². The maximum atomic E-state index is 11.0. The molecule has 4 nitrogen and oxygen atoms in total.